The molecule has 1 aliphatic carbocycles. The Bertz CT molecular complexity index is 813. The first-order valence-corrected chi connectivity index (χ1v) is 11.5. The van der Waals surface area contributed by atoms with E-state index >= 15 is 0 Å². The van der Waals surface area contributed by atoms with Crippen LogP contribution in [0.5, 0.6) is 0 Å². The normalized spacial score (nSPS) is 18.7. The van der Waals surface area contributed by atoms with Gasteiger partial charge in [0.05, 0.1) is 17.1 Å². The zero-order chi connectivity index (χ0) is 20.1. The molecule has 8 heteroatoms. The summed E-state index contributed by atoms with van der Waals surface area (Å²) in [5.74, 6) is 0.676. The van der Waals surface area contributed by atoms with Crippen molar-refractivity contribution in [2.75, 3.05) is 42.1 Å². The van der Waals surface area contributed by atoms with Gasteiger partial charge in [-0.3, -0.25) is 9.69 Å². The van der Waals surface area contributed by atoms with Gasteiger partial charge in [-0.05, 0) is 25.0 Å². The molecule has 7 nitrogen and oxygen atoms in total. The lowest BCUT2D eigenvalue weighted by molar-refractivity contribution is -0.113. The van der Waals surface area contributed by atoms with Gasteiger partial charge in [-0.2, -0.15) is 0 Å². The maximum atomic E-state index is 12.4. The molecular weight excluding hydrogens is 386 g/mol. The number of thioether (sulfide) groups is 1. The average Bonchev–Trinajstić information content (AvgIpc) is 3.19. The minimum absolute atomic E-state index is 0.0702. The van der Waals surface area contributed by atoms with E-state index in [1.807, 2.05) is 18.2 Å². The Morgan fingerprint density at radius 1 is 1.14 bits per heavy atom. The fourth-order valence-corrected chi connectivity index (χ4v) is 4.88. The maximum absolute atomic E-state index is 12.4. The molecule has 4 rings (SSSR count). The highest BCUT2D eigenvalue weighted by molar-refractivity contribution is 7.99. The monoisotopic (exact) mass is 415 g/mol. The molecular formula is C21H29N5O2S. The number of piperazine rings is 1. The number of aromatic nitrogens is 2. The van der Waals surface area contributed by atoms with Crippen LogP contribution in [0, 0.1) is 6.92 Å². The van der Waals surface area contributed by atoms with Gasteiger partial charge >= 0.3 is 0 Å². The highest BCUT2D eigenvalue weighted by Crippen LogP contribution is 2.29. The van der Waals surface area contributed by atoms with Gasteiger partial charge in [-0.15, -0.1) is 10.2 Å². The van der Waals surface area contributed by atoms with Crippen LogP contribution in [0.4, 0.5) is 11.4 Å². The molecule has 2 aliphatic rings. The lowest BCUT2D eigenvalue weighted by Gasteiger charge is -2.42. The molecule has 1 saturated carbocycles. The van der Waals surface area contributed by atoms with Gasteiger partial charge in [0.15, 0.2) is 0 Å². The van der Waals surface area contributed by atoms with Gasteiger partial charge in [0, 0.05) is 39.1 Å². The van der Waals surface area contributed by atoms with Crippen LogP contribution in [0.25, 0.3) is 0 Å². The quantitative estimate of drug-likeness (QED) is 0.723. The van der Waals surface area contributed by atoms with Crippen molar-refractivity contribution in [3.8, 4) is 0 Å². The number of para-hydroxylation sites is 2. The maximum Gasteiger partial charge on any atom is 0.277 e. The molecule has 0 spiro atoms. The highest BCUT2D eigenvalue weighted by atomic mass is 32.2. The van der Waals surface area contributed by atoms with Crippen LogP contribution in [-0.4, -0.2) is 59.0 Å². The number of nitrogens with zero attached hydrogens (tertiary/aromatic N) is 4. The SMILES string of the molecule is Cc1nnc(SCC(=O)Nc2ccccc2N2CCN(C3CCCCC3)CC2)o1. The molecule has 1 aromatic carbocycles. The van der Waals surface area contributed by atoms with Gasteiger partial charge in [-0.1, -0.05) is 43.2 Å². The average molecular weight is 416 g/mol. The molecule has 1 saturated heterocycles. The molecule has 1 amide bonds. The number of aryl methyl sites for hydroxylation is 1. The number of carbonyl (C=O) groups excluding carboxylic acids is 1. The summed E-state index contributed by atoms with van der Waals surface area (Å²) in [7, 11) is 0. The van der Waals surface area contributed by atoms with E-state index in [4.69, 9.17) is 4.42 Å². The number of rotatable bonds is 6. The molecule has 1 N–H and O–H groups in total. The third-order valence-corrected chi connectivity index (χ3v) is 6.58. The zero-order valence-corrected chi connectivity index (χ0v) is 17.8. The summed E-state index contributed by atoms with van der Waals surface area (Å²) in [5.41, 5.74) is 1.97. The first-order valence-electron chi connectivity index (χ1n) is 10.5. The fraction of sp³-hybridized carbons (Fsp3) is 0.571. The summed E-state index contributed by atoms with van der Waals surface area (Å²) < 4.78 is 5.31. The lowest BCUT2D eigenvalue weighted by Crippen LogP contribution is -2.51. The van der Waals surface area contributed by atoms with E-state index in [-0.39, 0.29) is 11.7 Å². The van der Waals surface area contributed by atoms with Crippen LogP contribution < -0.4 is 10.2 Å². The zero-order valence-electron chi connectivity index (χ0n) is 17.0. The molecule has 29 heavy (non-hydrogen) atoms. The molecule has 0 atom stereocenters. The molecule has 0 bridgehead atoms. The standard InChI is InChI=1S/C21H29N5O2S/c1-16-23-24-21(28-16)29-15-20(27)22-18-9-5-6-10-19(18)26-13-11-25(12-14-26)17-7-3-2-4-8-17/h5-6,9-10,17H,2-4,7-8,11-15H2,1H3,(H,22,27). The van der Waals surface area contributed by atoms with Crippen LogP contribution in [0.1, 0.15) is 38.0 Å². The van der Waals surface area contributed by atoms with E-state index in [2.05, 4.69) is 31.4 Å². The Kier molecular flexibility index (Phi) is 6.71. The predicted molar refractivity (Wildman–Crippen MR) is 115 cm³/mol. The summed E-state index contributed by atoms with van der Waals surface area (Å²) in [6.07, 6.45) is 6.85. The number of benzene rings is 1. The Morgan fingerprint density at radius 2 is 1.90 bits per heavy atom. The van der Waals surface area contributed by atoms with E-state index in [1.165, 1.54) is 43.9 Å². The first-order chi connectivity index (χ1) is 14.2. The van der Waals surface area contributed by atoms with E-state index < -0.39 is 0 Å². The van der Waals surface area contributed by atoms with Crippen molar-refractivity contribution in [2.45, 2.75) is 50.3 Å². The third-order valence-electron chi connectivity index (χ3n) is 5.76. The number of anilines is 2. The van der Waals surface area contributed by atoms with E-state index in [0.717, 1.165) is 43.6 Å². The number of hydrogen-bond donors (Lipinski definition) is 1. The second-order valence-corrected chi connectivity index (χ2v) is 8.68. The van der Waals surface area contributed by atoms with Crippen LogP contribution in [0.2, 0.25) is 0 Å². The number of carbonyl (C=O) groups is 1. The van der Waals surface area contributed by atoms with Gasteiger partial charge in [0.1, 0.15) is 0 Å². The minimum Gasteiger partial charge on any atom is -0.416 e. The van der Waals surface area contributed by atoms with Gasteiger partial charge in [0.2, 0.25) is 11.8 Å². The Morgan fingerprint density at radius 3 is 2.62 bits per heavy atom. The topological polar surface area (TPSA) is 74.5 Å². The van der Waals surface area contributed by atoms with Crippen molar-refractivity contribution in [3.63, 3.8) is 0 Å². The molecule has 1 aliphatic heterocycles. The van der Waals surface area contributed by atoms with Gasteiger partial charge in [0.25, 0.3) is 5.22 Å². The van der Waals surface area contributed by atoms with Gasteiger partial charge in [-0.25, -0.2) is 0 Å². The highest BCUT2D eigenvalue weighted by Gasteiger charge is 2.26. The van der Waals surface area contributed by atoms with Crippen molar-refractivity contribution in [3.05, 3.63) is 30.2 Å². The van der Waals surface area contributed by atoms with Crippen LogP contribution in [0.3, 0.4) is 0 Å². The fourth-order valence-electron chi connectivity index (χ4n) is 4.28. The van der Waals surface area contributed by atoms with Crippen LogP contribution in [-0.2, 0) is 4.79 Å². The van der Waals surface area contributed by atoms with Crippen molar-refractivity contribution in [1.82, 2.24) is 15.1 Å². The molecule has 2 aromatic rings. The Hall–Kier alpha value is -2.06. The van der Waals surface area contributed by atoms with E-state index in [9.17, 15) is 4.79 Å². The number of nitrogens with one attached hydrogen (secondary N) is 1. The third kappa shape index (κ3) is 5.30. The van der Waals surface area contributed by atoms with Crippen molar-refractivity contribution in [2.24, 2.45) is 0 Å². The van der Waals surface area contributed by atoms with Crippen LogP contribution >= 0.6 is 11.8 Å². The summed E-state index contributed by atoms with van der Waals surface area (Å²) in [4.78, 5) is 17.5. The molecule has 0 unspecified atom stereocenters. The molecule has 2 fully saturated rings. The number of amides is 1. The summed E-state index contributed by atoms with van der Waals surface area (Å²) in [6, 6.07) is 8.84. The summed E-state index contributed by atoms with van der Waals surface area (Å²) in [5, 5.41) is 11.2. The van der Waals surface area contributed by atoms with Crippen molar-refractivity contribution in [1.29, 1.82) is 0 Å². The Balaban J connectivity index is 1.32. The van der Waals surface area contributed by atoms with E-state index in [0.29, 0.717) is 11.1 Å². The predicted octanol–water partition coefficient (Wildman–Crippen LogP) is 3.56. The van der Waals surface area contributed by atoms with Crippen LogP contribution in [0.15, 0.2) is 33.9 Å². The Labute approximate surface area is 176 Å². The van der Waals surface area contributed by atoms with Crippen molar-refractivity contribution < 1.29 is 9.21 Å². The smallest absolute Gasteiger partial charge is 0.277 e. The van der Waals surface area contributed by atoms with Crippen molar-refractivity contribution >= 4 is 29.0 Å². The molecule has 0 radical (unpaired) electrons. The lowest BCUT2D eigenvalue weighted by atomic mass is 9.94. The summed E-state index contributed by atoms with van der Waals surface area (Å²) in [6.45, 7) is 5.93. The van der Waals surface area contributed by atoms with Gasteiger partial charge < -0.3 is 14.6 Å². The molecule has 1 aromatic heterocycles. The number of hydrogen-bond acceptors (Lipinski definition) is 7. The largest absolute Gasteiger partial charge is 0.416 e. The molecule has 156 valence electrons. The minimum atomic E-state index is -0.0702. The second kappa shape index (κ2) is 9.63. The van der Waals surface area contributed by atoms with E-state index in [1.54, 1.807) is 6.92 Å². The first kappa shape index (κ1) is 20.2. The second-order valence-electron chi connectivity index (χ2n) is 7.76. The molecule has 2 heterocycles. The summed E-state index contributed by atoms with van der Waals surface area (Å²) >= 11 is 1.25.